The minimum Gasteiger partial charge on any atom is -0.371 e. The summed E-state index contributed by atoms with van der Waals surface area (Å²) in [7, 11) is 2.14. The van der Waals surface area contributed by atoms with Crippen molar-refractivity contribution in [3.8, 4) is 0 Å². The first-order chi connectivity index (χ1) is 5.68. The Hall–Kier alpha value is -0.340. The zero-order chi connectivity index (χ0) is 8.97. The lowest BCUT2D eigenvalue weighted by molar-refractivity contribution is 0.00676. The van der Waals surface area contributed by atoms with Crippen LogP contribution in [0.3, 0.4) is 0 Å². The molecule has 0 aromatic carbocycles. The van der Waals surface area contributed by atoms with E-state index in [0.29, 0.717) is 12.0 Å². The normalized spacial score (nSPS) is 27.2. The molecular weight excluding hydrogens is 150 g/mol. The number of nitrogens with zero attached hydrogens (tertiary/aromatic N) is 1. The summed E-state index contributed by atoms with van der Waals surface area (Å²) in [5.41, 5.74) is 0. The smallest absolute Gasteiger partial charge is 0.0883 e. The van der Waals surface area contributed by atoms with Gasteiger partial charge in [-0.05, 0) is 13.0 Å². The van der Waals surface area contributed by atoms with Crippen LogP contribution < -0.4 is 0 Å². The number of allylic oxidation sites excluding steroid dienone is 1. The second kappa shape index (κ2) is 4.63. The summed E-state index contributed by atoms with van der Waals surface area (Å²) < 4.78 is 5.57. The van der Waals surface area contributed by atoms with E-state index in [1.165, 1.54) is 0 Å². The van der Waals surface area contributed by atoms with Gasteiger partial charge in [0.25, 0.3) is 0 Å². The molecule has 12 heavy (non-hydrogen) atoms. The van der Waals surface area contributed by atoms with Crippen molar-refractivity contribution in [2.75, 3.05) is 26.7 Å². The molecule has 1 saturated heterocycles. The van der Waals surface area contributed by atoms with Crippen LogP contribution >= 0.6 is 0 Å². The van der Waals surface area contributed by atoms with Crippen LogP contribution in [-0.4, -0.2) is 37.7 Å². The van der Waals surface area contributed by atoms with E-state index < -0.39 is 0 Å². The molecule has 1 rings (SSSR count). The van der Waals surface area contributed by atoms with Gasteiger partial charge in [-0.15, -0.1) is 0 Å². The zero-order valence-corrected chi connectivity index (χ0v) is 8.29. The highest BCUT2D eigenvalue weighted by Crippen LogP contribution is 2.05. The average Bonchev–Trinajstić information content (AvgIpc) is 2.01. The van der Waals surface area contributed by atoms with Crippen LogP contribution in [-0.2, 0) is 4.74 Å². The van der Waals surface area contributed by atoms with Crippen LogP contribution in [0.5, 0.6) is 0 Å². The van der Waals surface area contributed by atoms with Crippen LogP contribution in [0, 0.1) is 5.92 Å². The van der Waals surface area contributed by atoms with Crippen molar-refractivity contribution in [1.82, 2.24) is 4.90 Å². The van der Waals surface area contributed by atoms with Crippen molar-refractivity contribution in [1.29, 1.82) is 0 Å². The predicted octanol–water partition coefficient (Wildman–Crippen LogP) is 1.53. The number of hydrogen-bond donors (Lipinski definition) is 0. The quantitative estimate of drug-likeness (QED) is 0.581. The van der Waals surface area contributed by atoms with Crippen molar-refractivity contribution in [2.45, 2.75) is 20.0 Å². The molecule has 0 radical (unpaired) electrons. The van der Waals surface area contributed by atoms with Crippen LogP contribution in [0.2, 0.25) is 0 Å². The Balaban J connectivity index is 2.31. The van der Waals surface area contributed by atoms with Gasteiger partial charge >= 0.3 is 0 Å². The van der Waals surface area contributed by atoms with Crippen molar-refractivity contribution in [3.05, 3.63) is 12.2 Å². The predicted molar refractivity (Wildman–Crippen MR) is 51.2 cm³/mol. The van der Waals surface area contributed by atoms with E-state index in [9.17, 15) is 0 Å². The molecule has 0 bridgehead atoms. The third-order valence-corrected chi connectivity index (χ3v) is 2.01. The molecular formula is C10H19NO. The summed E-state index contributed by atoms with van der Waals surface area (Å²) in [6.45, 7) is 7.32. The SMILES string of the molecule is CC(C)C=CC1CN(C)CCO1. The van der Waals surface area contributed by atoms with Gasteiger partial charge in [-0.3, -0.25) is 0 Å². The maximum absolute atomic E-state index is 5.57. The Labute approximate surface area is 75.2 Å². The van der Waals surface area contributed by atoms with Crippen LogP contribution in [0.15, 0.2) is 12.2 Å². The van der Waals surface area contributed by atoms with Gasteiger partial charge < -0.3 is 9.64 Å². The maximum atomic E-state index is 5.57. The van der Waals surface area contributed by atoms with E-state index in [2.05, 4.69) is 37.9 Å². The van der Waals surface area contributed by atoms with Crippen LogP contribution in [0.1, 0.15) is 13.8 Å². The molecule has 1 aliphatic rings. The lowest BCUT2D eigenvalue weighted by Gasteiger charge is -2.28. The fourth-order valence-electron chi connectivity index (χ4n) is 1.27. The minimum absolute atomic E-state index is 0.311. The molecule has 0 aromatic heterocycles. The van der Waals surface area contributed by atoms with Gasteiger partial charge in [-0.25, -0.2) is 0 Å². The summed E-state index contributed by atoms with van der Waals surface area (Å²) in [6.07, 6.45) is 4.70. The number of ether oxygens (including phenoxy) is 1. The maximum Gasteiger partial charge on any atom is 0.0883 e. The van der Waals surface area contributed by atoms with E-state index in [1.807, 2.05) is 0 Å². The second-order valence-corrected chi connectivity index (χ2v) is 3.80. The van der Waals surface area contributed by atoms with Gasteiger partial charge in [0, 0.05) is 13.1 Å². The summed E-state index contributed by atoms with van der Waals surface area (Å²) in [5.74, 6) is 0.626. The molecule has 0 aliphatic carbocycles. The van der Waals surface area contributed by atoms with E-state index in [1.54, 1.807) is 0 Å². The molecule has 0 amide bonds. The Morgan fingerprint density at radius 1 is 1.50 bits per heavy atom. The van der Waals surface area contributed by atoms with E-state index in [0.717, 1.165) is 19.7 Å². The van der Waals surface area contributed by atoms with Crippen molar-refractivity contribution in [3.63, 3.8) is 0 Å². The number of morpholine rings is 1. The molecule has 1 fully saturated rings. The second-order valence-electron chi connectivity index (χ2n) is 3.80. The highest BCUT2D eigenvalue weighted by Gasteiger charge is 2.14. The molecule has 1 unspecified atom stereocenters. The number of hydrogen-bond acceptors (Lipinski definition) is 2. The van der Waals surface area contributed by atoms with Crippen molar-refractivity contribution in [2.24, 2.45) is 5.92 Å². The van der Waals surface area contributed by atoms with Gasteiger partial charge in [-0.1, -0.05) is 26.0 Å². The Morgan fingerprint density at radius 2 is 2.25 bits per heavy atom. The Bertz CT molecular complexity index is 154. The molecule has 0 N–H and O–H groups in total. The summed E-state index contributed by atoms with van der Waals surface area (Å²) >= 11 is 0. The third kappa shape index (κ3) is 3.37. The van der Waals surface area contributed by atoms with Crippen LogP contribution in [0.25, 0.3) is 0 Å². The monoisotopic (exact) mass is 169 g/mol. The molecule has 0 spiro atoms. The highest BCUT2D eigenvalue weighted by atomic mass is 16.5. The molecule has 0 aromatic rings. The molecule has 1 heterocycles. The minimum atomic E-state index is 0.311. The summed E-state index contributed by atoms with van der Waals surface area (Å²) in [5, 5.41) is 0. The van der Waals surface area contributed by atoms with E-state index in [4.69, 9.17) is 4.74 Å². The lowest BCUT2D eigenvalue weighted by Crippen LogP contribution is -2.38. The summed E-state index contributed by atoms with van der Waals surface area (Å²) in [4.78, 5) is 2.30. The fourth-order valence-corrected chi connectivity index (χ4v) is 1.27. The third-order valence-electron chi connectivity index (χ3n) is 2.01. The Kier molecular flexibility index (Phi) is 3.76. The molecule has 1 atom stereocenters. The fraction of sp³-hybridized carbons (Fsp3) is 0.800. The Morgan fingerprint density at radius 3 is 2.83 bits per heavy atom. The van der Waals surface area contributed by atoms with Gasteiger partial charge in [0.1, 0.15) is 0 Å². The molecule has 2 heteroatoms. The number of rotatable bonds is 2. The molecule has 2 nitrogen and oxygen atoms in total. The number of likely N-dealkylation sites (N-methyl/N-ethyl adjacent to an activating group) is 1. The van der Waals surface area contributed by atoms with Crippen molar-refractivity contribution < 1.29 is 4.74 Å². The lowest BCUT2D eigenvalue weighted by atomic mass is 10.1. The zero-order valence-electron chi connectivity index (χ0n) is 8.29. The summed E-state index contributed by atoms with van der Waals surface area (Å²) in [6, 6.07) is 0. The van der Waals surface area contributed by atoms with Gasteiger partial charge in [0.2, 0.25) is 0 Å². The molecule has 70 valence electrons. The first kappa shape index (κ1) is 9.75. The molecule has 1 aliphatic heterocycles. The van der Waals surface area contributed by atoms with Crippen LogP contribution in [0.4, 0.5) is 0 Å². The topological polar surface area (TPSA) is 12.5 Å². The first-order valence-corrected chi connectivity index (χ1v) is 4.67. The van der Waals surface area contributed by atoms with E-state index >= 15 is 0 Å². The van der Waals surface area contributed by atoms with Crippen molar-refractivity contribution >= 4 is 0 Å². The first-order valence-electron chi connectivity index (χ1n) is 4.67. The standard InChI is InChI=1S/C10H19NO/c1-9(2)4-5-10-8-11(3)6-7-12-10/h4-5,9-10H,6-8H2,1-3H3. The average molecular weight is 169 g/mol. The van der Waals surface area contributed by atoms with Gasteiger partial charge in [0.15, 0.2) is 0 Å². The highest BCUT2D eigenvalue weighted by molar-refractivity contribution is 4.93. The molecule has 0 saturated carbocycles. The van der Waals surface area contributed by atoms with Gasteiger partial charge in [0.05, 0.1) is 12.7 Å². The van der Waals surface area contributed by atoms with E-state index in [-0.39, 0.29) is 0 Å². The van der Waals surface area contributed by atoms with Gasteiger partial charge in [-0.2, -0.15) is 0 Å². The largest absolute Gasteiger partial charge is 0.371 e.